The molecule has 0 spiro atoms. The molecule has 0 aromatic carbocycles. The SMILES string of the molecule is CCC(C)O[I+2]([O-])[O-].[Mg]. The summed E-state index contributed by atoms with van der Waals surface area (Å²) in [4.78, 5) is 0. The van der Waals surface area contributed by atoms with Crippen LogP contribution in [0.15, 0.2) is 0 Å². The molecule has 0 aliphatic heterocycles. The van der Waals surface area contributed by atoms with Gasteiger partial charge >= 0.3 is 21.1 Å². The fourth-order valence-electron chi connectivity index (χ4n) is 0.187. The molecule has 0 bridgehead atoms. The minimum Gasteiger partial charge on any atom is -0.396 e. The van der Waals surface area contributed by atoms with Gasteiger partial charge in [0.25, 0.3) is 0 Å². The van der Waals surface area contributed by atoms with Gasteiger partial charge in [0.15, 0.2) is 0 Å². The second-order valence-corrected chi connectivity index (χ2v) is 3.08. The van der Waals surface area contributed by atoms with Crippen molar-refractivity contribution >= 4 is 23.1 Å². The van der Waals surface area contributed by atoms with Gasteiger partial charge in [0.2, 0.25) is 0 Å². The Bertz CT molecular complexity index is 61.8. The first-order chi connectivity index (χ1) is 3.66. The van der Waals surface area contributed by atoms with Gasteiger partial charge in [0.05, 0.1) is 0 Å². The molecule has 0 saturated heterocycles. The highest BCUT2D eigenvalue weighted by atomic mass is 127. The molecule has 1 atom stereocenters. The summed E-state index contributed by atoms with van der Waals surface area (Å²) in [7, 11) is 0. The molecule has 0 fully saturated rings. The number of hydrogen-bond acceptors (Lipinski definition) is 3. The maximum absolute atomic E-state index is 9.88. The predicted molar refractivity (Wildman–Crippen MR) is 26.6 cm³/mol. The number of rotatable bonds is 3. The summed E-state index contributed by atoms with van der Waals surface area (Å²) in [6.07, 6.45) is 0.619. The van der Waals surface area contributed by atoms with E-state index in [2.05, 4.69) is 3.07 Å². The first-order valence-electron chi connectivity index (χ1n) is 2.39. The van der Waals surface area contributed by atoms with Gasteiger partial charge in [0.1, 0.15) is 6.10 Å². The zero-order valence-electron chi connectivity index (χ0n) is 5.59. The standard InChI is InChI=1S/C4H9IO3.Mg/c1-3-4(2)8-5(6)7;/h4H,3H2,1-2H3;. The van der Waals surface area contributed by atoms with E-state index in [-0.39, 0.29) is 29.2 Å². The zero-order valence-corrected chi connectivity index (χ0v) is 9.17. The van der Waals surface area contributed by atoms with Gasteiger partial charge < -0.3 is 6.87 Å². The first kappa shape index (κ1) is 13.0. The Balaban J connectivity index is 0. The molecule has 1 unspecified atom stereocenters. The van der Waals surface area contributed by atoms with Gasteiger partial charge in [-0.05, 0) is 16.4 Å². The summed E-state index contributed by atoms with van der Waals surface area (Å²) in [6, 6.07) is 0. The molecule has 0 aromatic heterocycles. The normalized spacial score (nSPS) is 13.0. The van der Waals surface area contributed by atoms with E-state index in [1.54, 1.807) is 6.92 Å². The Morgan fingerprint density at radius 3 is 2.11 bits per heavy atom. The average molecular weight is 256 g/mol. The summed E-state index contributed by atoms with van der Waals surface area (Å²) in [5.74, 6) is 0. The molecule has 9 heavy (non-hydrogen) atoms. The van der Waals surface area contributed by atoms with E-state index in [0.717, 1.165) is 6.42 Å². The minimum atomic E-state index is -3.39. The van der Waals surface area contributed by atoms with Crippen LogP contribution in [-0.4, -0.2) is 29.2 Å². The summed E-state index contributed by atoms with van der Waals surface area (Å²) >= 11 is -3.39. The highest BCUT2D eigenvalue weighted by molar-refractivity contribution is 5.75. The Labute approximate surface area is 80.0 Å². The topological polar surface area (TPSA) is 55.3 Å². The highest BCUT2D eigenvalue weighted by Gasteiger charge is 2.16. The van der Waals surface area contributed by atoms with Crippen LogP contribution in [0.3, 0.4) is 0 Å². The monoisotopic (exact) mass is 256 g/mol. The van der Waals surface area contributed by atoms with Crippen molar-refractivity contribution in [3.63, 3.8) is 0 Å². The molecule has 0 aliphatic rings. The van der Waals surface area contributed by atoms with Crippen LogP contribution in [0.4, 0.5) is 0 Å². The summed E-state index contributed by atoms with van der Waals surface area (Å²) in [5.41, 5.74) is 0. The molecular formula is C4H9IMgO3. The third kappa shape index (κ3) is 9.38. The van der Waals surface area contributed by atoms with Crippen molar-refractivity contribution in [2.75, 3.05) is 0 Å². The molecule has 0 saturated carbocycles. The van der Waals surface area contributed by atoms with Crippen molar-refractivity contribution in [1.82, 2.24) is 0 Å². The Kier molecular flexibility index (Phi) is 10.8. The Hall–Kier alpha value is 1.38. The molecular weight excluding hydrogens is 247 g/mol. The van der Waals surface area contributed by atoms with E-state index in [9.17, 15) is 6.87 Å². The van der Waals surface area contributed by atoms with Gasteiger partial charge in [-0.3, -0.25) is 0 Å². The van der Waals surface area contributed by atoms with Gasteiger partial charge in [-0.1, -0.05) is 6.92 Å². The van der Waals surface area contributed by atoms with E-state index in [4.69, 9.17) is 0 Å². The fraction of sp³-hybridized carbons (Fsp3) is 1.00. The smallest absolute Gasteiger partial charge is 0.396 e. The van der Waals surface area contributed by atoms with Crippen LogP contribution in [-0.2, 0) is 3.07 Å². The molecule has 0 rings (SSSR count). The van der Waals surface area contributed by atoms with Crippen LogP contribution >= 0.6 is 0 Å². The van der Waals surface area contributed by atoms with Crippen LogP contribution in [0.25, 0.3) is 0 Å². The van der Waals surface area contributed by atoms with E-state index in [0.29, 0.717) is 0 Å². The lowest BCUT2D eigenvalue weighted by molar-refractivity contribution is -1.63. The van der Waals surface area contributed by atoms with E-state index in [1.165, 1.54) is 0 Å². The van der Waals surface area contributed by atoms with E-state index >= 15 is 0 Å². The van der Waals surface area contributed by atoms with Crippen molar-refractivity contribution in [1.29, 1.82) is 0 Å². The molecule has 0 amide bonds. The summed E-state index contributed by atoms with van der Waals surface area (Å²) < 4.78 is 24.2. The zero-order chi connectivity index (χ0) is 6.57. The lowest BCUT2D eigenvalue weighted by atomic mass is 10.3. The van der Waals surface area contributed by atoms with E-state index in [1.807, 2.05) is 6.92 Å². The van der Waals surface area contributed by atoms with Crippen LogP contribution in [0.1, 0.15) is 20.3 Å². The van der Waals surface area contributed by atoms with Gasteiger partial charge in [-0.2, -0.15) is 0 Å². The molecule has 3 nitrogen and oxygen atoms in total. The lowest BCUT2D eigenvalue weighted by Gasteiger charge is -1.97. The van der Waals surface area contributed by atoms with Crippen LogP contribution < -0.4 is 27.9 Å². The van der Waals surface area contributed by atoms with Crippen LogP contribution in [0.2, 0.25) is 0 Å². The molecule has 2 radical (unpaired) electrons. The molecule has 0 heterocycles. The lowest BCUT2D eigenvalue weighted by Crippen LogP contribution is -3.99. The third-order valence-electron chi connectivity index (χ3n) is 0.800. The summed E-state index contributed by atoms with van der Waals surface area (Å²) in [6.45, 7) is 3.62. The highest BCUT2D eigenvalue weighted by Crippen LogP contribution is 1.86. The quantitative estimate of drug-likeness (QED) is 0.378. The largest absolute Gasteiger partial charge is 0.506 e. The third-order valence-corrected chi connectivity index (χ3v) is 2.08. The van der Waals surface area contributed by atoms with Crippen LogP contribution in [0, 0.1) is 0 Å². The number of halogens is 1. The molecule has 5 heteroatoms. The van der Waals surface area contributed by atoms with Crippen molar-refractivity contribution in [2.24, 2.45) is 0 Å². The first-order valence-corrected chi connectivity index (χ1v) is 5.03. The van der Waals surface area contributed by atoms with Gasteiger partial charge in [-0.15, -0.1) is 0 Å². The summed E-state index contributed by atoms with van der Waals surface area (Å²) in [5, 5.41) is 0. The van der Waals surface area contributed by atoms with Crippen molar-refractivity contribution in [3.8, 4) is 0 Å². The molecule has 0 N–H and O–H groups in total. The maximum atomic E-state index is 9.88. The predicted octanol–water partition coefficient (Wildman–Crippen LogP) is -4.49. The Morgan fingerprint density at radius 1 is 1.56 bits per heavy atom. The Morgan fingerprint density at radius 2 is 2.00 bits per heavy atom. The van der Waals surface area contributed by atoms with Gasteiger partial charge in [-0.25, -0.2) is 0 Å². The fourth-order valence-corrected chi connectivity index (χ4v) is 1.26. The second-order valence-electron chi connectivity index (χ2n) is 1.50. The maximum Gasteiger partial charge on any atom is 0.506 e. The van der Waals surface area contributed by atoms with E-state index < -0.39 is 21.1 Å². The molecule has 0 aromatic rings. The van der Waals surface area contributed by atoms with Crippen molar-refractivity contribution in [3.05, 3.63) is 0 Å². The van der Waals surface area contributed by atoms with Gasteiger partial charge in [0, 0.05) is 23.1 Å². The van der Waals surface area contributed by atoms with Crippen molar-refractivity contribution in [2.45, 2.75) is 26.4 Å². The molecule has 52 valence electrons. The molecule has 0 aliphatic carbocycles. The average Bonchev–Trinajstić information content (AvgIpc) is 1.65. The number of hydrogen-bond donors (Lipinski definition) is 0. The van der Waals surface area contributed by atoms with Crippen LogP contribution in [0.5, 0.6) is 0 Å². The second kappa shape index (κ2) is 7.48. The minimum absolute atomic E-state index is 0. The van der Waals surface area contributed by atoms with Crippen molar-refractivity contribution < 1.29 is 31.0 Å².